The second kappa shape index (κ2) is 5.18. The van der Waals surface area contributed by atoms with Gasteiger partial charge >= 0.3 is 0 Å². The van der Waals surface area contributed by atoms with E-state index in [9.17, 15) is 0 Å². The minimum atomic E-state index is -0.0450. The Kier molecular flexibility index (Phi) is 3.65. The van der Waals surface area contributed by atoms with Crippen LogP contribution in [0, 0.1) is 5.41 Å². The van der Waals surface area contributed by atoms with Gasteiger partial charge in [0, 0.05) is 18.2 Å². The van der Waals surface area contributed by atoms with E-state index in [1.807, 2.05) is 0 Å². The van der Waals surface area contributed by atoms with Crippen molar-refractivity contribution in [2.75, 3.05) is 0 Å². The highest BCUT2D eigenvalue weighted by Crippen LogP contribution is 2.41. The SMILES string of the molecule is CC1(C)CCCC(N)(Cc2ccn(C3CCCC3)n2)C1. The third-order valence-electron chi connectivity index (χ3n) is 5.25. The van der Waals surface area contributed by atoms with Crippen molar-refractivity contribution in [3.63, 3.8) is 0 Å². The van der Waals surface area contributed by atoms with Crippen LogP contribution >= 0.6 is 0 Å². The molecule has 0 spiro atoms. The van der Waals surface area contributed by atoms with E-state index >= 15 is 0 Å². The number of nitrogens with zero attached hydrogens (tertiary/aromatic N) is 2. The molecular formula is C17H29N3. The normalized spacial score (nSPS) is 30.8. The fourth-order valence-electron chi connectivity index (χ4n) is 4.40. The van der Waals surface area contributed by atoms with Gasteiger partial charge in [-0.3, -0.25) is 4.68 Å². The number of aromatic nitrogens is 2. The topological polar surface area (TPSA) is 43.8 Å². The van der Waals surface area contributed by atoms with Gasteiger partial charge in [0.2, 0.25) is 0 Å². The van der Waals surface area contributed by atoms with Gasteiger partial charge in [-0.05, 0) is 43.6 Å². The van der Waals surface area contributed by atoms with Gasteiger partial charge in [-0.15, -0.1) is 0 Å². The highest BCUT2D eigenvalue weighted by Gasteiger charge is 2.37. The molecule has 1 atom stereocenters. The zero-order valence-corrected chi connectivity index (χ0v) is 13.1. The van der Waals surface area contributed by atoms with Crippen molar-refractivity contribution in [2.24, 2.45) is 11.1 Å². The monoisotopic (exact) mass is 275 g/mol. The largest absolute Gasteiger partial charge is 0.325 e. The summed E-state index contributed by atoms with van der Waals surface area (Å²) in [4.78, 5) is 0. The van der Waals surface area contributed by atoms with Gasteiger partial charge in [0.05, 0.1) is 11.7 Å². The molecule has 112 valence electrons. The third kappa shape index (κ3) is 3.08. The minimum Gasteiger partial charge on any atom is -0.325 e. The summed E-state index contributed by atoms with van der Waals surface area (Å²) in [5.74, 6) is 0. The zero-order valence-electron chi connectivity index (χ0n) is 13.1. The van der Waals surface area contributed by atoms with Crippen molar-refractivity contribution in [3.8, 4) is 0 Å². The van der Waals surface area contributed by atoms with Crippen LogP contribution in [-0.2, 0) is 6.42 Å². The number of hydrogen-bond acceptors (Lipinski definition) is 2. The van der Waals surface area contributed by atoms with E-state index in [1.165, 1.54) is 44.2 Å². The van der Waals surface area contributed by atoms with E-state index in [1.54, 1.807) is 0 Å². The molecule has 1 unspecified atom stereocenters. The van der Waals surface area contributed by atoms with E-state index in [2.05, 4.69) is 30.8 Å². The van der Waals surface area contributed by atoms with Crippen molar-refractivity contribution in [1.29, 1.82) is 0 Å². The molecule has 1 aromatic rings. The molecule has 0 bridgehead atoms. The first kappa shape index (κ1) is 14.1. The van der Waals surface area contributed by atoms with Crippen molar-refractivity contribution < 1.29 is 0 Å². The van der Waals surface area contributed by atoms with E-state index in [-0.39, 0.29) is 5.54 Å². The van der Waals surface area contributed by atoms with E-state index in [0.29, 0.717) is 11.5 Å². The molecule has 2 fully saturated rings. The number of hydrogen-bond donors (Lipinski definition) is 1. The summed E-state index contributed by atoms with van der Waals surface area (Å²) in [6, 6.07) is 2.83. The van der Waals surface area contributed by atoms with Gasteiger partial charge in [0.1, 0.15) is 0 Å². The molecular weight excluding hydrogens is 246 g/mol. The lowest BCUT2D eigenvalue weighted by atomic mass is 9.67. The fraction of sp³-hybridized carbons (Fsp3) is 0.824. The zero-order chi connectivity index (χ0) is 14.2. The molecule has 0 saturated heterocycles. The molecule has 2 aliphatic carbocycles. The predicted octanol–water partition coefficient (Wildman–Crippen LogP) is 3.84. The molecule has 0 amide bonds. The molecule has 20 heavy (non-hydrogen) atoms. The minimum absolute atomic E-state index is 0.0450. The Labute approximate surface area is 122 Å². The standard InChI is InChI=1S/C17H29N3/c1-16(2)9-5-10-17(18,13-16)12-14-8-11-20(19-14)15-6-3-4-7-15/h8,11,15H,3-7,9-10,12-13,18H2,1-2H3. The van der Waals surface area contributed by atoms with Crippen LogP contribution in [0.4, 0.5) is 0 Å². The lowest BCUT2D eigenvalue weighted by molar-refractivity contribution is 0.150. The first-order chi connectivity index (χ1) is 9.46. The van der Waals surface area contributed by atoms with Crippen LogP contribution in [-0.4, -0.2) is 15.3 Å². The summed E-state index contributed by atoms with van der Waals surface area (Å²) < 4.78 is 2.19. The summed E-state index contributed by atoms with van der Waals surface area (Å²) in [6.07, 6.45) is 13.2. The number of rotatable bonds is 3. The first-order valence-electron chi connectivity index (χ1n) is 8.29. The van der Waals surface area contributed by atoms with Crippen LogP contribution in [0.2, 0.25) is 0 Å². The van der Waals surface area contributed by atoms with Crippen LogP contribution in [0.15, 0.2) is 12.3 Å². The van der Waals surface area contributed by atoms with Crippen LogP contribution in [0.3, 0.4) is 0 Å². The quantitative estimate of drug-likeness (QED) is 0.911. The molecule has 1 aromatic heterocycles. The molecule has 0 aromatic carbocycles. The average molecular weight is 275 g/mol. The van der Waals surface area contributed by atoms with Crippen molar-refractivity contribution >= 4 is 0 Å². The van der Waals surface area contributed by atoms with Crippen molar-refractivity contribution in [1.82, 2.24) is 9.78 Å². The van der Waals surface area contributed by atoms with Crippen LogP contribution in [0.5, 0.6) is 0 Å². The van der Waals surface area contributed by atoms with E-state index < -0.39 is 0 Å². The molecule has 3 nitrogen and oxygen atoms in total. The second-order valence-corrected chi connectivity index (χ2v) is 7.96. The Morgan fingerprint density at radius 2 is 2.00 bits per heavy atom. The smallest absolute Gasteiger partial charge is 0.0643 e. The Morgan fingerprint density at radius 3 is 2.70 bits per heavy atom. The summed E-state index contributed by atoms with van der Waals surface area (Å²) in [5.41, 5.74) is 8.22. The predicted molar refractivity (Wildman–Crippen MR) is 82.6 cm³/mol. The molecule has 0 radical (unpaired) electrons. The van der Waals surface area contributed by atoms with Crippen LogP contribution in [0.1, 0.15) is 76.9 Å². The summed E-state index contributed by atoms with van der Waals surface area (Å²) >= 11 is 0. The highest BCUT2D eigenvalue weighted by atomic mass is 15.3. The van der Waals surface area contributed by atoms with E-state index in [0.717, 1.165) is 19.3 Å². The van der Waals surface area contributed by atoms with Crippen molar-refractivity contribution in [2.45, 2.75) is 83.2 Å². The number of nitrogens with two attached hydrogens (primary N) is 1. The molecule has 2 saturated carbocycles. The fourth-order valence-corrected chi connectivity index (χ4v) is 4.40. The molecule has 1 heterocycles. The maximum absolute atomic E-state index is 6.68. The Hall–Kier alpha value is -0.830. The Balaban J connectivity index is 1.67. The first-order valence-corrected chi connectivity index (χ1v) is 8.29. The molecule has 3 rings (SSSR count). The van der Waals surface area contributed by atoms with Gasteiger partial charge in [-0.1, -0.05) is 33.1 Å². The second-order valence-electron chi connectivity index (χ2n) is 7.96. The summed E-state index contributed by atoms with van der Waals surface area (Å²) in [6.45, 7) is 4.70. The Bertz CT molecular complexity index is 457. The molecule has 0 aliphatic heterocycles. The third-order valence-corrected chi connectivity index (χ3v) is 5.25. The highest BCUT2D eigenvalue weighted by molar-refractivity contribution is 5.08. The Morgan fingerprint density at radius 1 is 1.25 bits per heavy atom. The van der Waals surface area contributed by atoms with Gasteiger partial charge in [0.15, 0.2) is 0 Å². The van der Waals surface area contributed by atoms with Crippen molar-refractivity contribution in [3.05, 3.63) is 18.0 Å². The van der Waals surface area contributed by atoms with Gasteiger partial charge in [-0.2, -0.15) is 5.10 Å². The van der Waals surface area contributed by atoms with Crippen LogP contribution in [0.25, 0.3) is 0 Å². The molecule has 2 N–H and O–H groups in total. The summed E-state index contributed by atoms with van der Waals surface area (Å²) in [7, 11) is 0. The lowest BCUT2D eigenvalue weighted by Crippen LogP contribution is -2.48. The molecule has 3 heteroatoms. The lowest BCUT2D eigenvalue weighted by Gasteiger charge is -2.42. The molecule has 2 aliphatic rings. The maximum atomic E-state index is 6.68. The van der Waals surface area contributed by atoms with E-state index in [4.69, 9.17) is 10.8 Å². The maximum Gasteiger partial charge on any atom is 0.0643 e. The summed E-state index contributed by atoms with van der Waals surface area (Å²) in [5, 5.41) is 4.82. The van der Waals surface area contributed by atoms with Gasteiger partial charge in [-0.25, -0.2) is 0 Å². The average Bonchev–Trinajstić information content (AvgIpc) is 2.95. The van der Waals surface area contributed by atoms with Gasteiger partial charge in [0.25, 0.3) is 0 Å². The van der Waals surface area contributed by atoms with Gasteiger partial charge < -0.3 is 5.73 Å². The van der Waals surface area contributed by atoms with Crippen LogP contribution < -0.4 is 5.73 Å².